The summed E-state index contributed by atoms with van der Waals surface area (Å²) in [5.41, 5.74) is 0.854. The van der Waals surface area contributed by atoms with E-state index in [4.69, 9.17) is 5.11 Å². The fourth-order valence-electron chi connectivity index (χ4n) is 2.75. The van der Waals surface area contributed by atoms with Gasteiger partial charge in [-0.25, -0.2) is 13.8 Å². The van der Waals surface area contributed by atoms with E-state index >= 15 is 0 Å². The molecule has 0 aliphatic carbocycles. The summed E-state index contributed by atoms with van der Waals surface area (Å²) in [6.07, 6.45) is 2.65. The Morgan fingerprint density at radius 2 is 2.09 bits per heavy atom. The van der Waals surface area contributed by atoms with Crippen LogP contribution in [0.4, 0.5) is 8.78 Å². The minimum Gasteiger partial charge on any atom is -0.480 e. The van der Waals surface area contributed by atoms with Crippen LogP contribution in [0.2, 0.25) is 0 Å². The van der Waals surface area contributed by atoms with Gasteiger partial charge in [0.15, 0.2) is 0 Å². The number of carboxylic acids is 1. The van der Waals surface area contributed by atoms with Gasteiger partial charge in [-0.2, -0.15) is 0 Å². The molecule has 0 saturated carbocycles. The lowest BCUT2D eigenvalue weighted by Gasteiger charge is -2.20. The molecule has 0 amide bonds. The molecule has 0 bridgehead atoms. The molecule has 3 rings (SSSR count). The zero-order valence-corrected chi connectivity index (χ0v) is 11.7. The molecule has 0 unspecified atom stereocenters. The molecule has 1 aliphatic rings. The number of hydrogen-bond donors (Lipinski definition) is 1. The first-order chi connectivity index (χ1) is 10.5. The molecule has 0 spiro atoms. The fraction of sp³-hybridized carbons (Fsp3) is 0.333. The number of halogens is 2. The van der Waals surface area contributed by atoms with Crippen molar-refractivity contribution in [2.75, 3.05) is 6.54 Å². The Bertz CT molecular complexity index is 672. The zero-order chi connectivity index (χ0) is 15.7. The maximum Gasteiger partial charge on any atom is 0.321 e. The normalized spacial score (nSPS) is 21.1. The molecule has 5 nitrogen and oxygen atoms in total. The summed E-state index contributed by atoms with van der Waals surface area (Å²) in [6, 6.07) is 8.17. The number of para-hydroxylation sites is 1. The SMILES string of the molecule is O=C(O)[C@H]1CC(F)(F)CN1Cc1nccn1-c1ccccc1. The van der Waals surface area contributed by atoms with Crippen LogP contribution in [0.5, 0.6) is 0 Å². The quantitative estimate of drug-likeness (QED) is 0.940. The van der Waals surface area contributed by atoms with Crippen molar-refractivity contribution >= 4 is 5.97 Å². The third-order valence-corrected chi connectivity index (χ3v) is 3.75. The smallest absolute Gasteiger partial charge is 0.321 e. The lowest BCUT2D eigenvalue weighted by Crippen LogP contribution is -2.36. The largest absolute Gasteiger partial charge is 0.480 e. The van der Waals surface area contributed by atoms with E-state index in [1.54, 1.807) is 17.0 Å². The number of nitrogens with zero attached hydrogens (tertiary/aromatic N) is 3. The van der Waals surface area contributed by atoms with Crippen molar-refractivity contribution in [1.29, 1.82) is 0 Å². The number of carbonyl (C=O) groups is 1. The second-order valence-electron chi connectivity index (χ2n) is 5.37. The second-order valence-corrected chi connectivity index (χ2v) is 5.37. The zero-order valence-electron chi connectivity index (χ0n) is 11.7. The van der Waals surface area contributed by atoms with Gasteiger partial charge in [0, 0.05) is 24.5 Å². The molecular formula is C15H15F2N3O2. The predicted octanol–water partition coefficient (Wildman–Crippen LogP) is 2.17. The van der Waals surface area contributed by atoms with Gasteiger partial charge in [-0.05, 0) is 12.1 Å². The van der Waals surface area contributed by atoms with Crippen LogP contribution in [0, 0.1) is 0 Å². The fourth-order valence-corrected chi connectivity index (χ4v) is 2.75. The Labute approximate surface area is 125 Å². The van der Waals surface area contributed by atoms with Crippen molar-refractivity contribution in [2.24, 2.45) is 0 Å². The average Bonchev–Trinajstić information content (AvgIpc) is 3.04. The van der Waals surface area contributed by atoms with E-state index < -0.39 is 30.9 Å². The summed E-state index contributed by atoms with van der Waals surface area (Å²) in [6.45, 7) is -0.500. The van der Waals surface area contributed by atoms with Crippen LogP contribution in [0.3, 0.4) is 0 Å². The van der Waals surface area contributed by atoms with Crippen molar-refractivity contribution in [1.82, 2.24) is 14.5 Å². The van der Waals surface area contributed by atoms with Crippen LogP contribution in [-0.2, 0) is 11.3 Å². The number of likely N-dealkylation sites (tertiary alicyclic amines) is 1. The molecule has 1 N–H and O–H groups in total. The summed E-state index contributed by atoms with van der Waals surface area (Å²) in [7, 11) is 0. The summed E-state index contributed by atoms with van der Waals surface area (Å²) in [5.74, 6) is -3.67. The van der Waals surface area contributed by atoms with E-state index in [1.165, 1.54) is 4.90 Å². The summed E-state index contributed by atoms with van der Waals surface area (Å²) < 4.78 is 28.8. The molecule has 0 radical (unpaired) electrons. The first-order valence-electron chi connectivity index (χ1n) is 6.89. The number of hydrogen-bond acceptors (Lipinski definition) is 3. The number of carboxylic acid groups (broad SMARTS) is 1. The monoisotopic (exact) mass is 307 g/mol. The van der Waals surface area contributed by atoms with Crippen LogP contribution in [0.15, 0.2) is 42.7 Å². The number of aliphatic carboxylic acids is 1. The molecule has 1 aliphatic heterocycles. The molecule has 2 aromatic rings. The molecule has 2 heterocycles. The molecule has 1 fully saturated rings. The summed E-state index contributed by atoms with van der Waals surface area (Å²) in [5, 5.41) is 9.13. The highest BCUT2D eigenvalue weighted by Gasteiger charge is 2.48. The van der Waals surface area contributed by atoms with Gasteiger partial charge in [-0.1, -0.05) is 18.2 Å². The van der Waals surface area contributed by atoms with E-state index in [1.807, 2.05) is 30.3 Å². The molecule has 1 saturated heterocycles. The first kappa shape index (κ1) is 14.6. The van der Waals surface area contributed by atoms with Gasteiger partial charge in [-0.3, -0.25) is 9.69 Å². The van der Waals surface area contributed by atoms with E-state index in [2.05, 4.69) is 4.98 Å². The van der Waals surface area contributed by atoms with Crippen molar-refractivity contribution in [3.8, 4) is 5.69 Å². The van der Waals surface area contributed by atoms with Gasteiger partial charge in [0.05, 0.1) is 13.1 Å². The van der Waals surface area contributed by atoms with Crippen molar-refractivity contribution in [2.45, 2.75) is 24.9 Å². The lowest BCUT2D eigenvalue weighted by molar-refractivity contribution is -0.142. The van der Waals surface area contributed by atoms with Crippen molar-refractivity contribution < 1.29 is 18.7 Å². The maximum absolute atomic E-state index is 13.5. The number of alkyl halides is 2. The molecule has 1 aromatic carbocycles. The van der Waals surface area contributed by atoms with E-state index in [0.717, 1.165) is 5.69 Å². The maximum atomic E-state index is 13.5. The highest BCUT2D eigenvalue weighted by atomic mass is 19.3. The van der Waals surface area contributed by atoms with Crippen LogP contribution >= 0.6 is 0 Å². The highest BCUT2D eigenvalue weighted by Crippen LogP contribution is 2.33. The Kier molecular flexibility index (Phi) is 3.66. The number of aromatic nitrogens is 2. The molecule has 116 valence electrons. The lowest BCUT2D eigenvalue weighted by atomic mass is 10.2. The van der Waals surface area contributed by atoms with Crippen LogP contribution in [0.1, 0.15) is 12.2 Å². The first-order valence-corrected chi connectivity index (χ1v) is 6.89. The number of imidazole rings is 1. The van der Waals surface area contributed by atoms with Crippen LogP contribution < -0.4 is 0 Å². The Morgan fingerprint density at radius 1 is 1.36 bits per heavy atom. The van der Waals surface area contributed by atoms with Crippen molar-refractivity contribution in [3.05, 3.63) is 48.5 Å². The molecular weight excluding hydrogens is 292 g/mol. The molecule has 7 heteroatoms. The summed E-state index contributed by atoms with van der Waals surface area (Å²) in [4.78, 5) is 16.6. The third-order valence-electron chi connectivity index (χ3n) is 3.75. The predicted molar refractivity (Wildman–Crippen MR) is 75.0 cm³/mol. The molecule has 1 aromatic heterocycles. The molecule has 22 heavy (non-hydrogen) atoms. The van der Waals surface area contributed by atoms with Gasteiger partial charge in [0.1, 0.15) is 11.9 Å². The van der Waals surface area contributed by atoms with Gasteiger partial charge < -0.3 is 9.67 Å². The van der Waals surface area contributed by atoms with Crippen LogP contribution in [-0.4, -0.2) is 44.0 Å². The Hall–Kier alpha value is -2.28. The third kappa shape index (κ3) is 2.85. The Balaban J connectivity index is 1.85. The van der Waals surface area contributed by atoms with E-state index in [-0.39, 0.29) is 6.54 Å². The highest BCUT2D eigenvalue weighted by molar-refractivity contribution is 5.74. The minimum atomic E-state index is -2.98. The van der Waals surface area contributed by atoms with E-state index in [0.29, 0.717) is 5.82 Å². The van der Waals surface area contributed by atoms with Gasteiger partial charge >= 0.3 is 5.97 Å². The topological polar surface area (TPSA) is 58.4 Å². The van der Waals surface area contributed by atoms with Crippen LogP contribution in [0.25, 0.3) is 5.69 Å². The standard InChI is InChI=1S/C15H15F2N3O2/c16-15(17)8-12(14(21)22)19(10-15)9-13-18-6-7-20(13)11-4-2-1-3-5-11/h1-7,12H,8-10H2,(H,21,22)/t12-/m1/s1. The summed E-state index contributed by atoms with van der Waals surface area (Å²) >= 11 is 0. The van der Waals surface area contributed by atoms with Gasteiger partial charge in [-0.15, -0.1) is 0 Å². The van der Waals surface area contributed by atoms with Crippen molar-refractivity contribution in [3.63, 3.8) is 0 Å². The average molecular weight is 307 g/mol. The van der Waals surface area contributed by atoms with E-state index in [9.17, 15) is 13.6 Å². The number of rotatable bonds is 4. The Morgan fingerprint density at radius 3 is 2.77 bits per heavy atom. The molecule has 1 atom stereocenters. The van der Waals surface area contributed by atoms with Gasteiger partial charge in [0.2, 0.25) is 0 Å². The van der Waals surface area contributed by atoms with Gasteiger partial charge in [0.25, 0.3) is 5.92 Å². The number of benzene rings is 1. The minimum absolute atomic E-state index is 0.0639. The second kappa shape index (κ2) is 5.49.